The van der Waals surface area contributed by atoms with Crippen molar-refractivity contribution in [1.29, 1.82) is 0 Å². The Morgan fingerprint density at radius 1 is 1.47 bits per heavy atom. The maximum atomic E-state index is 11.6. The van der Waals surface area contributed by atoms with Crippen molar-refractivity contribution < 1.29 is 4.79 Å². The molecule has 0 radical (unpaired) electrons. The molecule has 4 nitrogen and oxygen atoms in total. The number of aryl methyl sites for hydroxylation is 1. The van der Waals surface area contributed by atoms with Gasteiger partial charge in [-0.2, -0.15) is 0 Å². The highest BCUT2D eigenvalue weighted by Crippen LogP contribution is 2.14. The fourth-order valence-electron chi connectivity index (χ4n) is 1.37. The van der Waals surface area contributed by atoms with E-state index in [1.807, 2.05) is 42.6 Å². The first-order chi connectivity index (χ1) is 9.13. The second kappa shape index (κ2) is 6.49. The van der Waals surface area contributed by atoms with E-state index in [0.29, 0.717) is 5.13 Å². The molecule has 0 unspecified atom stereocenters. The molecule has 19 heavy (non-hydrogen) atoms. The molecule has 2 amide bonds. The Morgan fingerprint density at radius 3 is 3.00 bits per heavy atom. The fourth-order valence-corrected chi connectivity index (χ4v) is 2.47. The lowest BCUT2D eigenvalue weighted by atomic mass is 10.2. The van der Waals surface area contributed by atoms with E-state index in [0.717, 1.165) is 15.7 Å². The largest absolute Gasteiger partial charge is 0.325 e. The molecule has 1 aromatic heterocycles. The Balaban J connectivity index is 1.86. The average molecular weight is 338 g/mol. The second-order valence-corrected chi connectivity index (χ2v) is 5.55. The lowest BCUT2D eigenvalue weighted by Gasteiger charge is -2.00. The Labute approximate surface area is 123 Å². The number of rotatable bonds is 3. The highest BCUT2D eigenvalue weighted by atomic mass is 79.9. The minimum absolute atomic E-state index is 0.305. The van der Waals surface area contributed by atoms with Crippen LogP contribution < -0.4 is 10.6 Å². The van der Waals surface area contributed by atoms with Gasteiger partial charge >= 0.3 is 6.03 Å². The van der Waals surface area contributed by atoms with Gasteiger partial charge in [-0.15, -0.1) is 11.3 Å². The molecule has 0 aliphatic heterocycles. The van der Waals surface area contributed by atoms with Crippen molar-refractivity contribution in [3.63, 3.8) is 0 Å². The number of carbonyl (C=O) groups excluding carboxylic acids is 1. The normalized spacial score (nSPS) is 10.6. The summed E-state index contributed by atoms with van der Waals surface area (Å²) < 4.78 is 0.998. The molecule has 1 aromatic carbocycles. The van der Waals surface area contributed by atoms with Crippen LogP contribution in [-0.2, 0) is 0 Å². The van der Waals surface area contributed by atoms with Crippen LogP contribution in [0.25, 0.3) is 6.08 Å². The number of hydrogen-bond donors (Lipinski definition) is 2. The smallest absolute Gasteiger partial charge is 0.314 e. The Kier molecular flexibility index (Phi) is 4.70. The van der Waals surface area contributed by atoms with Crippen molar-refractivity contribution in [2.24, 2.45) is 0 Å². The molecule has 0 bridgehead atoms. The maximum Gasteiger partial charge on any atom is 0.325 e. The lowest BCUT2D eigenvalue weighted by Crippen LogP contribution is -2.23. The van der Waals surface area contributed by atoms with Gasteiger partial charge < -0.3 is 5.32 Å². The molecule has 2 aromatic rings. The number of urea groups is 1. The van der Waals surface area contributed by atoms with Gasteiger partial charge in [0.25, 0.3) is 0 Å². The molecular formula is C13H12BrN3OS. The first-order valence-corrected chi connectivity index (χ1v) is 7.22. The van der Waals surface area contributed by atoms with Crippen LogP contribution in [0.5, 0.6) is 0 Å². The topological polar surface area (TPSA) is 54.0 Å². The molecule has 1 heterocycles. The van der Waals surface area contributed by atoms with Crippen molar-refractivity contribution in [1.82, 2.24) is 10.3 Å². The van der Waals surface area contributed by atoms with E-state index in [1.165, 1.54) is 11.3 Å². The van der Waals surface area contributed by atoms with E-state index in [2.05, 4.69) is 31.5 Å². The van der Waals surface area contributed by atoms with Crippen LogP contribution in [0.3, 0.4) is 0 Å². The molecule has 0 atom stereocenters. The molecule has 6 heteroatoms. The van der Waals surface area contributed by atoms with Gasteiger partial charge in [0.2, 0.25) is 0 Å². The van der Waals surface area contributed by atoms with Crippen LogP contribution in [-0.4, -0.2) is 11.0 Å². The monoisotopic (exact) mass is 337 g/mol. The summed E-state index contributed by atoms with van der Waals surface area (Å²) >= 11 is 4.79. The Morgan fingerprint density at radius 2 is 2.32 bits per heavy atom. The van der Waals surface area contributed by atoms with Crippen LogP contribution in [0, 0.1) is 6.92 Å². The number of nitrogens with one attached hydrogen (secondary N) is 2. The summed E-state index contributed by atoms with van der Waals surface area (Å²) in [6, 6.07) is 7.48. The summed E-state index contributed by atoms with van der Waals surface area (Å²) in [6.07, 6.45) is 3.41. The van der Waals surface area contributed by atoms with Gasteiger partial charge in [0.15, 0.2) is 5.13 Å². The molecule has 98 valence electrons. The van der Waals surface area contributed by atoms with Crippen LogP contribution in [0.1, 0.15) is 11.3 Å². The SMILES string of the molecule is Cc1csc(NC(=O)N/C=C/c2cccc(Br)c2)n1. The highest BCUT2D eigenvalue weighted by Gasteiger charge is 2.02. The molecule has 2 rings (SSSR count). The zero-order chi connectivity index (χ0) is 13.7. The third-order valence-corrected chi connectivity index (χ3v) is 3.55. The van der Waals surface area contributed by atoms with Crippen LogP contribution in [0.2, 0.25) is 0 Å². The summed E-state index contributed by atoms with van der Waals surface area (Å²) in [5, 5.41) is 7.76. The number of thiazole rings is 1. The van der Waals surface area contributed by atoms with Crippen molar-refractivity contribution in [2.45, 2.75) is 6.92 Å². The molecule has 0 spiro atoms. The number of hydrogen-bond acceptors (Lipinski definition) is 3. The second-order valence-electron chi connectivity index (χ2n) is 3.78. The Bertz CT molecular complexity index is 609. The minimum Gasteiger partial charge on any atom is -0.314 e. The summed E-state index contributed by atoms with van der Waals surface area (Å²) in [5.74, 6) is 0. The van der Waals surface area contributed by atoms with Crippen LogP contribution in [0.4, 0.5) is 9.93 Å². The van der Waals surface area contributed by atoms with Crippen molar-refractivity contribution in [3.8, 4) is 0 Å². The zero-order valence-corrected chi connectivity index (χ0v) is 12.6. The number of benzene rings is 1. The maximum absolute atomic E-state index is 11.6. The third-order valence-electron chi connectivity index (χ3n) is 2.18. The van der Waals surface area contributed by atoms with E-state index < -0.39 is 0 Å². The van der Waals surface area contributed by atoms with Gasteiger partial charge in [0.05, 0.1) is 5.69 Å². The van der Waals surface area contributed by atoms with Crippen molar-refractivity contribution in [2.75, 3.05) is 5.32 Å². The number of aromatic nitrogens is 1. The van der Waals surface area contributed by atoms with Crippen molar-refractivity contribution in [3.05, 3.63) is 51.6 Å². The summed E-state index contributed by atoms with van der Waals surface area (Å²) in [5.41, 5.74) is 1.89. The van der Waals surface area contributed by atoms with E-state index >= 15 is 0 Å². The van der Waals surface area contributed by atoms with Gasteiger partial charge in [-0.05, 0) is 30.7 Å². The molecule has 0 aliphatic rings. The number of nitrogens with zero attached hydrogens (tertiary/aromatic N) is 1. The van der Waals surface area contributed by atoms with Crippen molar-refractivity contribution >= 4 is 44.5 Å². The number of carbonyl (C=O) groups is 1. The standard InChI is InChI=1S/C13H12BrN3OS/c1-9-8-19-13(16-9)17-12(18)15-6-5-10-3-2-4-11(14)7-10/h2-8H,1H3,(H2,15,16,17,18)/b6-5+. The first-order valence-electron chi connectivity index (χ1n) is 5.55. The van der Waals surface area contributed by atoms with Gasteiger partial charge in [0, 0.05) is 16.1 Å². The number of amides is 2. The molecule has 0 fully saturated rings. The highest BCUT2D eigenvalue weighted by molar-refractivity contribution is 9.10. The zero-order valence-electron chi connectivity index (χ0n) is 10.2. The Hall–Kier alpha value is -1.66. The number of halogens is 1. The van der Waals surface area contributed by atoms with E-state index in [4.69, 9.17) is 0 Å². The van der Waals surface area contributed by atoms with Crippen LogP contribution >= 0.6 is 27.3 Å². The molecule has 0 saturated heterocycles. The third kappa shape index (κ3) is 4.50. The minimum atomic E-state index is -0.305. The summed E-state index contributed by atoms with van der Waals surface area (Å²) in [7, 11) is 0. The lowest BCUT2D eigenvalue weighted by molar-refractivity contribution is 0.255. The predicted molar refractivity (Wildman–Crippen MR) is 82.2 cm³/mol. The van der Waals surface area contributed by atoms with Crippen LogP contribution in [0.15, 0.2) is 40.3 Å². The van der Waals surface area contributed by atoms with Gasteiger partial charge in [-0.1, -0.05) is 28.1 Å². The first kappa shape index (κ1) is 13.8. The average Bonchev–Trinajstić information content (AvgIpc) is 2.75. The van der Waals surface area contributed by atoms with Gasteiger partial charge in [0.1, 0.15) is 0 Å². The summed E-state index contributed by atoms with van der Waals surface area (Å²) in [6.45, 7) is 1.88. The quantitative estimate of drug-likeness (QED) is 0.889. The molecule has 0 aliphatic carbocycles. The van der Waals surface area contributed by atoms with E-state index in [-0.39, 0.29) is 6.03 Å². The van der Waals surface area contributed by atoms with E-state index in [1.54, 1.807) is 6.20 Å². The van der Waals surface area contributed by atoms with E-state index in [9.17, 15) is 4.79 Å². The molecule has 0 saturated carbocycles. The number of anilines is 1. The molecule has 2 N–H and O–H groups in total. The van der Waals surface area contributed by atoms with Gasteiger partial charge in [-0.25, -0.2) is 9.78 Å². The predicted octanol–water partition coefficient (Wildman–Crippen LogP) is 4.01. The molecular weight excluding hydrogens is 326 g/mol. The fraction of sp³-hybridized carbons (Fsp3) is 0.0769. The van der Waals surface area contributed by atoms with Gasteiger partial charge in [-0.3, -0.25) is 5.32 Å². The summed E-state index contributed by atoms with van der Waals surface area (Å²) in [4.78, 5) is 15.7.